The van der Waals surface area contributed by atoms with Gasteiger partial charge in [0.05, 0.1) is 11.6 Å². The number of hydrogen-bond donors (Lipinski definition) is 2. The van der Waals surface area contributed by atoms with Gasteiger partial charge in [-0.15, -0.1) is 0 Å². The van der Waals surface area contributed by atoms with Crippen LogP contribution in [0.1, 0.15) is 43.6 Å². The van der Waals surface area contributed by atoms with Crippen LogP contribution in [0.2, 0.25) is 0 Å². The molecular formula is C14H18FNO2. The fourth-order valence-electron chi connectivity index (χ4n) is 2.80. The predicted molar refractivity (Wildman–Crippen MR) is 67.8 cm³/mol. The van der Waals surface area contributed by atoms with Gasteiger partial charge in [-0.05, 0) is 24.0 Å². The molecule has 1 aromatic rings. The molecule has 1 saturated carbocycles. The number of nitrogen functional groups attached to an aromatic ring is 1. The molecule has 0 radical (unpaired) electrons. The molecule has 1 fully saturated rings. The van der Waals surface area contributed by atoms with Gasteiger partial charge in [0, 0.05) is 0 Å². The highest BCUT2D eigenvalue weighted by molar-refractivity contribution is 5.78. The van der Waals surface area contributed by atoms with E-state index in [2.05, 4.69) is 0 Å². The summed E-state index contributed by atoms with van der Waals surface area (Å²) in [7, 11) is 0. The maximum Gasteiger partial charge on any atom is 0.311 e. The standard InChI is InChI=1S/C14H18FNO2/c15-12-7-3-6-10(13(12)16)11(14(17)18)8-9-4-1-2-5-9/h3,6-7,9,11H,1-2,4-5,8,16H2,(H,17,18). The second kappa shape index (κ2) is 5.38. The minimum atomic E-state index is -0.917. The molecular weight excluding hydrogens is 233 g/mol. The molecule has 3 nitrogen and oxygen atoms in total. The summed E-state index contributed by atoms with van der Waals surface area (Å²) >= 11 is 0. The Labute approximate surface area is 106 Å². The van der Waals surface area contributed by atoms with Crippen LogP contribution in [-0.4, -0.2) is 11.1 Å². The third kappa shape index (κ3) is 2.63. The highest BCUT2D eigenvalue weighted by atomic mass is 19.1. The number of carboxylic acid groups (broad SMARTS) is 1. The first kappa shape index (κ1) is 12.9. The van der Waals surface area contributed by atoms with Gasteiger partial charge >= 0.3 is 5.97 Å². The molecule has 1 aliphatic carbocycles. The Balaban J connectivity index is 2.23. The van der Waals surface area contributed by atoms with Gasteiger partial charge in [-0.3, -0.25) is 4.79 Å². The lowest BCUT2D eigenvalue weighted by atomic mass is 9.87. The molecule has 0 saturated heterocycles. The Bertz CT molecular complexity index is 441. The van der Waals surface area contributed by atoms with Crippen molar-refractivity contribution in [3.05, 3.63) is 29.6 Å². The van der Waals surface area contributed by atoms with Gasteiger partial charge in [0.1, 0.15) is 5.82 Å². The second-order valence-electron chi connectivity index (χ2n) is 5.02. The first-order valence-electron chi connectivity index (χ1n) is 6.36. The topological polar surface area (TPSA) is 63.3 Å². The lowest BCUT2D eigenvalue weighted by Gasteiger charge is -2.18. The van der Waals surface area contributed by atoms with Crippen LogP contribution < -0.4 is 5.73 Å². The number of carbonyl (C=O) groups is 1. The van der Waals surface area contributed by atoms with Gasteiger partial charge in [0.25, 0.3) is 0 Å². The Morgan fingerprint density at radius 1 is 1.44 bits per heavy atom. The fraction of sp³-hybridized carbons (Fsp3) is 0.500. The van der Waals surface area contributed by atoms with Crippen LogP contribution in [0.3, 0.4) is 0 Å². The quantitative estimate of drug-likeness (QED) is 0.808. The molecule has 0 bridgehead atoms. The van der Waals surface area contributed by atoms with E-state index in [1.165, 1.54) is 12.1 Å². The molecule has 0 spiro atoms. The average Bonchev–Trinajstić information content (AvgIpc) is 2.83. The Morgan fingerprint density at radius 3 is 2.72 bits per heavy atom. The van der Waals surface area contributed by atoms with E-state index in [-0.39, 0.29) is 5.69 Å². The second-order valence-corrected chi connectivity index (χ2v) is 5.02. The fourth-order valence-corrected chi connectivity index (χ4v) is 2.80. The molecule has 0 aromatic heterocycles. The van der Waals surface area contributed by atoms with E-state index < -0.39 is 17.7 Å². The van der Waals surface area contributed by atoms with Crippen LogP contribution in [0, 0.1) is 11.7 Å². The molecule has 4 heteroatoms. The molecule has 98 valence electrons. The number of nitrogens with two attached hydrogens (primary N) is 1. The van der Waals surface area contributed by atoms with Gasteiger partial charge in [0.2, 0.25) is 0 Å². The van der Waals surface area contributed by atoms with Crippen LogP contribution in [0.25, 0.3) is 0 Å². The van der Waals surface area contributed by atoms with E-state index >= 15 is 0 Å². The summed E-state index contributed by atoms with van der Waals surface area (Å²) in [5.74, 6) is -1.72. The van der Waals surface area contributed by atoms with Crippen molar-refractivity contribution in [2.45, 2.75) is 38.0 Å². The van der Waals surface area contributed by atoms with Crippen molar-refractivity contribution >= 4 is 11.7 Å². The van der Waals surface area contributed by atoms with Gasteiger partial charge < -0.3 is 10.8 Å². The van der Waals surface area contributed by atoms with E-state index in [1.807, 2.05) is 0 Å². The first-order valence-corrected chi connectivity index (χ1v) is 6.36. The third-order valence-electron chi connectivity index (χ3n) is 3.80. The van der Waals surface area contributed by atoms with Crippen molar-refractivity contribution in [1.29, 1.82) is 0 Å². The SMILES string of the molecule is Nc1c(F)cccc1C(CC1CCCC1)C(=O)O. The molecule has 2 rings (SSSR count). The summed E-state index contributed by atoms with van der Waals surface area (Å²) in [5, 5.41) is 9.32. The van der Waals surface area contributed by atoms with Gasteiger partial charge in [-0.2, -0.15) is 0 Å². The number of anilines is 1. The Kier molecular flexibility index (Phi) is 3.84. The molecule has 1 aliphatic rings. The van der Waals surface area contributed by atoms with Crippen molar-refractivity contribution in [3.63, 3.8) is 0 Å². The minimum absolute atomic E-state index is 0.0251. The highest BCUT2D eigenvalue weighted by Crippen LogP contribution is 2.36. The Morgan fingerprint density at radius 2 is 2.11 bits per heavy atom. The smallest absolute Gasteiger partial charge is 0.311 e. The summed E-state index contributed by atoms with van der Waals surface area (Å²) in [6, 6.07) is 4.39. The summed E-state index contributed by atoms with van der Waals surface area (Å²) in [5.41, 5.74) is 6.04. The van der Waals surface area contributed by atoms with E-state index in [0.717, 1.165) is 25.7 Å². The zero-order valence-corrected chi connectivity index (χ0v) is 10.2. The molecule has 1 unspecified atom stereocenters. The van der Waals surface area contributed by atoms with E-state index in [4.69, 9.17) is 5.73 Å². The summed E-state index contributed by atoms with van der Waals surface area (Å²) in [4.78, 5) is 11.4. The lowest BCUT2D eigenvalue weighted by molar-refractivity contribution is -0.139. The average molecular weight is 251 g/mol. The van der Waals surface area contributed by atoms with Crippen LogP contribution in [0.5, 0.6) is 0 Å². The van der Waals surface area contributed by atoms with Crippen molar-refractivity contribution in [3.8, 4) is 0 Å². The normalized spacial score (nSPS) is 17.8. The highest BCUT2D eigenvalue weighted by Gasteiger charge is 2.28. The number of rotatable bonds is 4. The molecule has 1 atom stereocenters. The molecule has 0 aliphatic heterocycles. The summed E-state index contributed by atoms with van der Waals surface area (Å²) in [6.07, 6.45) is 5.02. The van der Waals surface area contributed by atoms with Gasteiger partial charge in [-0.25, -0.2) is 4.39 Å². The third-order valence-corrected chi connectivity index (χ3v) is 3.80. The number of benzene rings is 1. The van der Waals surface area contributed by atoms with E-state index in [9.17, 15) is 14.3 Å². The van der Waals surface area contributed by atoms with Crippen LogP contribution in [0.4, 0.5) is 10.1 Å². The van der Waals surface area contributed by atoms with Crippen LogP contribution in [-0.2, 0) is 4.79 Å². The molecule has 3 N–H and O–H groups in total. The van der Waals surface area contributed by atoms with Crippen LogP contribution in [0.15, 0.2) is 18.2 Å². The minimum Gasteiger partial charge on any atom is -0.481 e. The number of para-hydroxylation sites is 1. The number of aliphatic carboxylic acids is 1. The predicted octanol–water partition coefficient (Wildman–Crippen LogP) is 3.16. The molecule has 1 aromatic carbocycles. The zero-order chi connectivity index (χ0) is 13.1. The zero-order valence-electron chi connectivity index (χ0n) is 10.2. The van der Waals surface area contributed by atoms with E-state index in [0.29, 0.717) is 17.9 Å². The number of carboxylic acids is 1. The number of halogens is 1. The van der Waals surface area contributed by atoms with Gasteiger partial charge in [-0.1, -0.05) is 37.8 Å². The van der Waals surface area contributed by atoms with Crippen molar-refractivity contribution in [2.75, 3.05) is 5.73 Å². The molecule has 18 heavy (non-hydrogen) atoms. The van der Waals surface area contributed by atoms with Crippen molar-refractivity contribution in [1.82, 2.24) is 0 Å². The van der Waals surface area contributed by atoms with Crippen molar-refractivity contribution in [2.24, 2.45) is 5.92 Å². The van der Waals surface area contributed by atoms with E-state index in [1.54, 1.807) is 6.07 Å². The number of hydrogen-bond acceptors (Lipinski definition) is 2. The maximum absolute atomic E-state index is 13.4. The summed E-state index contributed by atoms with van der Waals surface area (Å²) in [6.45, 7) is 0. The Hall–Kier alpha value is -1.58. The monoisotopic (exact) mass is 251 g/mol. The maximum atomic E-state index is 13.4. The first-order chi connectivity index (χ1) is 8.59. The molecule has 0 amide bonds. The summed E-state index contributed by atoms with van der Waals surface area (Å²) < 4.78 is 13.4. The molecule has 0 heterocycles. The van der Waals surface area contributed by atoms with Crippen LogP contribution >= 0.6 is 0 Å². The van der Waals surface area contributed by atoms with Gasteiger partial charge in [0.15, 0.2) is 0 Å². The van der Waals surface area contributed by atoms with Crippen molar-refractivity contribution < 1.29 is 14.3 Å². The lowest BCUT2D eigenvalue weighted by Crippen LogP contribution is -2.17. The largest absolute Gasteiger partial charge is 0.481 e.